The van der Waals surface area contributed by atoms with Crippen molar-refractivity contribution >= 4 is 15.7 Å². The summed E-state index contributed by atoms with van der Waals surface area (Å²) in [5.41, 5.74) is -0.0921. The van der Waals surface area contributed by atoms with Crippen LogP contribution in [0.4, 0.5) is 5.69 Å². The van der Waals surface area contributed by atoms with Gasteiger partial charge in [0.2, 0.25) is 10.0 Å². The summed E-state index contributed by atoms with van der Waals surface area (Å²) in [7, 11) is -3.77. The van der Waals surface area contributed by atoms with Gasteiger partial charge in [-0.05, 0) is 31.7 Å². The van der Waals surface area contributed by atoms with Crippen molar-refractivity contribution in [2.45, 2.75) is 30.8 Å². The van der Waals surface area contributed by atoms with Crippen LogP contribution in [0.3, 0.4) is 0 Å². The van der Waals surface area contributed by atoms with Crippen LogP contribution in [0.5, 0.6) is 0 Å². The molecule has 0 saturated heterocycles. The third kappa shape index (κ3) is 2.97. The molecule has 0 spiro atoms. The number of nitro benzene ring substituents is 1. The minimum absolute atomic E-state index is 0.0772. The second-order valence-corrected chi connectivity index (χ2v) is 6.74. The topological polar surface area (TPSA) is 110 Å². The number of rotatable bonds is 5. The van der Waals surface area contributed by atoms with Crippen molar-refractivity contribution < 1.29 is 18.4 Å². The van der Waals surface area contributed by atoms with E-state index in [-0.39, 0.29) is 34.7 Å². The Kier molecular flexibility index (Phi) is 4.07. The zero-order chi connectivity index (χ0) is 14.9. The number of nitro groups is 1. The number of aliphatic hydroxyl groups excluding tert-OH is 1. The minimum atomic E-state index is -3.77. The van der Waals surface area contributed by atoms with Gasteiger partial charge < -0.3 is 5.11 Å². The molecule has 0 amide bonds. The van der Waals surface area contributed by atoms with Crippen molar-refractivity contribution in [3.05, 3.63) is 33.9 Å². The number of hydrogen-bond acceptors (Lipinski definition) is 5. The van der Waals surface area contributed by atoms with Gasteiger partial charge in [0.05, 0.1) is 15.9 Å². The Morgan fingerprint density at radius 1 is 1.45 bits per heavy atom. The summed E-state index contributed by atoms with van der Waals surface area (Å²) >= 11 is 0. The lowest BCUT2D eigenvalue weighted by Gasteiger charge is -2.31. The first-order valence-corrected chi connectivity index (χ1v) is 7.71. The van der Waals surface area contributed by atoms with E-state index in [1.165, 1.54) is 25.1 Å². The molecule has 0 unspecified atom stereocenters. The summed E-state index contributed by atoms with van der Waals surface area (Å²) in [6.45, 7) is 1.65. The first-order chi connectivity index (χ1) is 9.31. The zero-order valence-corrected chi connectivity index (χ0v) is 11.8. The molecule has 1 aromatic rings. The standard InChI is InChI=1S/C12H16N2O5S/c1-8-11(14(16)17)3-2-4-12(8)20(18,19)13-7-9-5-10(15)6-9/h2-4,9-10,13,15H,5-7H2,1H3. The average molecular weight is 300 g/mol. The fourth-order valence-electron chi connectivity index (χ4n) is 2.26. The Morgan fingerprint density at radius 2 is 2.10 bits per heavy atom. The molecule has 1 fully saturated rings. The molecule has 20 heavy (non-hydrogen) atoms. The number of aliphatic hydroxyl groups is 1. The molecule has 1 saturated carbocycles. The van der Waals surface area contributed by atoms with E-state index in [2.05, 4.69) is 4.72 Å². The van der Waals surface area contributed by atoms with Crippen LogP contribution in [0, 0.1) is 23.0 Å². The van der Waals surface area contributed by atoms with E-state index in [1.807, 2.05) is 0 Å². The van der Waals surface area contributed by atoms with E-state index in [1.54, 1.807) is 0 Å². The first kappa shape index (κ1) is 14.9. The van der Waals surface area contributed by atoms with Crippen LogP contribution in [0.1, 0.15) is 18.4 Å². The maximum absolute atomic E-state index is 12.2. The lowest BCUT2D eigenvalue weighted by Crippen LogP contribution is -2.38. The second-order valence-electron chi connectivity index (χ2n) is 5.00. The quantitative estimate of drug-likeness (QED) is 0.621. The molecule has 7 nitrogen and oxygen atoms in total. The summed E-state index contributed by atoms with van der Waals surface area (Å²) in [6, 6.07) is 3.98. The van der Waals surface area contributed by atoms with Crippen LogP contribution >= 0.6 is 0 Å². The van der Waals surface area contributed by atoms with Gasteiger partial charge in [-0.1, -0.05) is 6.07 Å². The molecule has 1 aliphatic carbocycles. The van der Waals surface area contributed by atoms with Gasteiger partial charge in [0.1, 0.15) is 0 Å². The van der Waals surface area contributed by atoms with Crippen LogP contribution in [0.2, 0.25) is 0 Å². The molecule has 2 rings (SSSR count). The Balaban J connectivity index is 2.17. The van der Waals surface area contributed by atoms with E-state index in [0.29, 0.717) is 12.8 Å². The van der Waals surface area contributed by atoms with E-state index >= 15 is 0 Å². The fraction of sp³-hybridized carbons (Fsp3) is 0.500. The number of benzene rings is 1. The maximum Gasteiger partial charge on any atom is 0.273 e. The van der Waals surface area contributed by atoms with E-state index in [0.717, 1.165) is 0 Å². The van der Waals surface area contributed by atoms with Gasteiger partial charge in [-0.3, -0.25) is 10.1 Å². The Bertz CT molecular complexity index is 623. The van der Waals surface area contributed by atoms with E-state index in [9.17, 15) is 18.5 Å². The van der Waals surface area contributed by atoms with Gasteiger partial charge in [0.25, 0.3) is 5.69 Å². The van der Waals surface area contributed by atoms with Crippen LogP contribution in [0.25, 0.3) is 0 Å². The lowest BCUT2D eigenvalue weighted by molar-refractivity contribution is -0.385. The Hall–Kier alpha value is -1.51. The summed E-state index contributed by atoms with van der Waals surface area (Å²) in [5.74, 6) is 0.124. The van der Waals surface area contributed by atoms with Gasteiger partial charge in [-0.15, -0.1) is 0 Å². The first-order valence-electron chi connectivity index (χ1n) is 6.23. The van der Waals surface area contributed by atoms with Crippen LogP contribution in [-0.2, 0) is 10.0 Å². The largest absolute Gasteiger partial charge is 0.393 e. The molecule has 1 aliphatic rings. The highest BCUT2D eigenvalue weighted by molar-refractivity contribution is 7.89. The van der Waals surface area contributed by atoms with Crippen molar-refractivity contribution in [1.29, 1.82) is 0 Å². The third-order valence-corrected chi connectivity index (χ3v) is 5.08. The minimum Gasteiger partial charge on any atom is -0.393 e. The smallest absolute Gasteiger partial charge is 0.273 e. The molecular formula is C12H16N2O5S. The molecule has 110 valence electrons. The van der Waals surface area contributed by atoms with Crippen molar-refractivity contribution in [3.8, 4) is 0 Å². The van der Waals surface area contributed by atoms with Crippen LogP contribution in [-0.4, -0.2) is 31.1 Å². The zero-order valence-electron chi connectivity index (χ0n) is 10.9. The van der Waals surface area contributed by atoms with E-state index in [4.69, 9.17) is 5.11 Å². The Morgan fingerprint density at radius 3 is 2.65 bits per heavy atom. The number of nitrogens with zero attached hydrogens (tertiary/aromatic N) is 1. The van der Waals surface area contributed by atoms with Gasteiger partial charge in [-0.25, -0.2) is 13.1 Å². The molecule has 2 N–H and O–H groups in total. The predicted octanol–water partition coefficient (Wildman–Crippen LogP) is 0.952. The lowest BCUT2D eigenvalue weighted by atomic mass is 9.83. The number of nitrogens with one attached hydrogen (secondary N) is 1. The highest BCUT2D eigenvalue weighted by Crippen LogP contribution is 2.28. The van der Waals surface area contributed by atoms with Crippen molar-refractivity contribution in [2.75, 3.05) is 6.54 Å². The van der Waals surface area contributed by atoms with Gasteiger partial charge in [-0.2, -0.15) is 0 Å². The maximum atomic E-state index is 12.2. The Labute approximate surface area is 116 Å². The van der Waals surface area contributed by atoms with Crippen molar-refractivity contribution in [2.24, 2.45) is 5.92 Å². The summed E-state index contributed by atoms with van der Waals surface area (Å²) < 4.78 is 26.8. The molecular weight excluding hydrogens is 284 g/mol. The summed E-state index contributed by atoms with van der Waals surface area (Å²) in [6.07, 6.45) is 0.816. The second kappa shape index (κ2) is 5.47. The highest BCUT2D eigenvalue weighted by Gasteiger charge is 2.29. The summed E-state index contributed by atoms with van der Waals surface area (Å²) in [5, 5.41) is 20.0. The predicted molar refractivity (Wildman–Crippen MR) is 71.8 cm³/mol. The van der Waals surface area contributed by atoms with E-state index < -0.39 is 14.9 Å². The van der Waals surface area contributed by atoms with Gasteiger partial charge in [0, 0.05) is 18.2 Å². The molecule has 1 aromatic carbocycles. The highest BCUT2D eigenvalue weighted by atomic mass is 32.2. The number of sulfonamides is 1. The van der Waals surface area contributed by atoms with Crippen LogP contribution < -0.4 is 4.72 Å². The molecule has 0 heterocycles. The molecule has 0 atom stereocenters. The molecule has 0 bridgehead atoms. The molecule has 0 aromatic heterocycles. The van der Waals surface area contributed by atoms with Gasteiger partial charge >= 0.3 is 0 Å². The average Bonchev–Trinajstić information content (AvgIpc) is 2.33. The fourth-order valence-corrected chi connectivity index (χ4v) is 3.64. The van der Waals surface area contributed by atoms with Crippen molar-refractivity contribution in [3.63, 3.8) is 0 Å². The molecule has 0 aliphatic heterocycles. The number of hydrogen-bond donors (Lipinski definition) is 2. The third-order valence-electron chi connectivity index (χ3n) is 3.51. The van der Waals surface area contributed by atoms with Crippen molar-refractivity contribution in [1.82, 2.24) is 4.72 Å². The van der Waals surface area contributed by atoms with Crippen LogP contribution in [0.15, 0.2) is 23.1 Å². The summed E-state index contributed by atoms with van der Waals surface area (Å²) in [4.78, 5) is 10.1. The molecule has 8 heteroatoms. The normalized spacial score (nSPS) is 22.3. The van der Waals surface area contributed by atoms with Gasteiger partial charge in [0.15, 0.2) is 0 Å². The SMILES string of the molecule is Cc1c([N+](=O)[O-])cccc1S(=O)(=O)NCC1CC(O)C1. The monoisotopic (exact) mass is 300 g/mol. The molecule has 0 radical (unpaired) electrons.